The second kappa shape index (κ2) is 8.09. The van der Waals surface area contributed by atoms with Crippen molar-refractivity contribution in [1.29, 1.82) is 0 Å². The SMILES string of the molecule is CCC(C(=O)N1CCCC1C)N1CC(CC)(NC(=O)C2CCCN2C=O)C1=O. The van der Waals surface area contributed by atoms with E-state index >= 15 is 0 Å². The summed E-state index contributed by atoms with van der Waals surface area (Å²) in [4.78, 5) is 54.9. The largest absolute Gasteiger partial charge is 0.338 e. The molecule has 3 rings (SSSR count). The third-order valence-corrected chi connectivity index (χ3v) is 6.69. The van der Waals surface area contributed by atoms with Crippen LogP contribution in [0, 0.1) is 0 Å². The van der Waals surface area contributed by atoms with Gasteiger partial charge in [-0.3, -0.25) is 19.2 Å². The van der Waals surface area contributed by atoms with Gasteiger partial charge in [0.15, 0.2) is 0 Å². The molecule has 0 aliphatic carbocycles. The van der Waals surface area contributed by atoms with E-state index in [9.17, 15) is 19.2 Å². The number of rotatable bonds is 7. The number of β-lactam (4-membered cyclic amide) rings is 1. The van der Waals surface area contributed by atoms with Crippen LogP contribution in [0.1, 0.15) is 59.3 Å². The van der Waals surface area contributed by atoms with Crippen molar-refractivity contribution >= 4 is 24.1 Å². The molecule has 0 aromatic rings. The first kappa shape index (κ1) is 20.6. The van der Waals surface area contributed by atoms with Crippen molar-refractivity contribution in [3.05, 3.63) is 0 Å². The quantitative estimate of drug-likeness (QED) is 0.505. The van der Waals surface area contributed by atoms with Gasteiger partial charge in [0.25, 0.3) is 5.91 Å². The second-order valence-electron chi connectivity index (χ2n) is 8.31. The zero-order chi connectivity index (χ0) is 20.5. The third-order valence-electron chi connectivity index (χ3n) is 6.69. The van der Waals surface area contributed by atoms with Crippen molar-refractivity contribution < 1.29 is 19.2 Å². The van der Waals surface area contributed by atoms with E-state index in [1.807, 2.05) is 25.7 Å². The molecule has 3 heterocycles. The van der Waals surface area contributed by atoms with E-state index in [1.54, 1.807) is 4.90 Å². The number of amides is 4. The molecule has 156 valence electrons. The molecule has 3 fully saturated rings. The molecule has 3 aliphatic heterocycles. The van der Waals surface area contributed by atoms with Gasteiger partial charge >= 0.3 is 0 Å². The highest BCUT2D eigenvalue weighted by Crippen LogP contribution is 2.32. The summed E-state index contributed by atoms with van der Waals surface area (Å²) in [7, 11) is 0. The topological polar surface area (TPSA) is 90.0 Å². The monoisotopic (exact) mass is 392 g/mol. The van der Waals surface area contributed by atoms with Gasteiger partial charge in [0, 0.05) is 19.1 Å². The average Bonchev–Trinajstić information content (AvgIpc) is 3.34. The van der Waals surface area contributed by atoms with E-state index in [0.717, 1.165) is 25.8 Å². The Hall–Kier alpha value is -2.12. The molecule has 4 atom stereocenters. The minimum Gasteiger partial charge on any atom is -0.338 e. The Morgan fingerprint density at radius 2 is 1.96 bits per heavy atom. The average molecular weight is 393 g/mol. The minimum absolute atomic E-state index is 0.0137. The van der Waals surface area contributed by atoms with Crippen molar-refractivity contribution in [1.82, 2.24) is 20.0 Å². The van der Waals surface area contributed by atoms with Crippen molar-refractivity contribution in [3.8, 4) is 0 Å². The maximum absolute atomic E-state index is 13.1. The predicted molar refractivity (Wildman–Crippen MR) is 103 cm³/mol. The molecule has 28 heavy (non-hydrogen) atoms. The predicted octanol–water partition coefficient (Wildman–Crippen LogP) is 0.504. The summed E-state index contributed by atoms with van der Waals surface area (Å²) in [5.41, 5.74) is -0.960. The fourth-order valence-corrected chi connectivity index (χ4v) is 4.81. The van der Waals surface area contributed by atoms with E-state index in [-0.39, 0.29) is 23.8 Å². The van der Waals surface area contributed by atoms with Crippen LogP contribution >= 0.6 is 0 Å². The molecule has 1 N–H and O–H groups in total. The molecule has 4 unspecified atom stereocenters. The molecule has 0 radical (unpaired) electrons. The van der Waals surface area contributed by atoms with Crippen LogP contribution in [0.2, 0.25) is 0 Å². The van der Waals surface area contributed by atoms with Crippen molar-refractivity contribution in [2.45, 2.75) is 83.0 Å². The summed E-state index contributed by atoms with van der Waals surface area (Å²) in [6.07, 6.45) is 5.13. The van der Waals surface area contributed by atoms with E-state index in [2.05, 4.69) is 5.32 Å². The fourth-order valence-electron chi connectivity index (χ4n) is 4.81. The Balaban J connectivity index is 1.67. The van der Waals surface area contributed by atoms with Gasteiger partial charge in [-0.1, -0.05) is 13.8 Å². The van der Waals surface area contributed by atoms with Gasteiger partial charge in [0.2, 0.25) is 18.2 Å². The highest BCUT2D eigenvalue weighted by molar-refractivity contribution is 6.00. The molecule has 3 saturated heterocycles. The van der Waals surface area contributed by atoms with Gasteiger partial charge in [-0.15, -0.1) is 0 Å². The highest BCUT2D eigenvalue weighted by atomic mass is 16.2. The summed E-state index contributed by atoms with van der Waals surface area (Å²) in [6, 6.07) is -0.760. The highest BCUT2D eigenvalue weighted by Gasteiger charge is 2.56. The van der Waals surface area contributed by atoms with E-state index in [1.165, 1.54) is 4.90 Å². The Morgan fingerprint density at radius 3 is 2.50 bits per heavy atom. The van der Waals surface area contributed by atoms with Crippen molar-refractivity contribution in [2.75, 3.05) is 19.6 Å². The lowest BCUT2D eigenvalue weighted by molar-refractivity contribution is -0.166. The van der Waals surface area contributed by atoms with Crippen LogP contribution in [-0.2, 0) is 19.2 Å². The lowest BCUT2D eigenvalue weighted by Gasteiger charge is -2.52. The molecule has 8 nitrogen and oxygen atoms in total. The Kier molecular flexibility index (Phi) is 5.95. The molecule has 0 aromatic carbocycles. The van der Waals surface area contributed by atoms with Crippen LogP contribution in [0.15, 0.2) is 0 Å². The molecule has 0 spiro atoms. The van der Waals surface area contributed by atoms with E-state index in [4.69, 9.17) is 0 Å². The van der Waals surface area contributed by atoms with Crippen LogP contribution < -0.4 is 5.32 Å². The van der Waals surface area contributed by atoms with Crippen LogP contribution in [0.3, 0.4) is 0 Å². The van der Waals surface area contributed by atoms with Gasteiger partial charge < -0.3 is 20.0 Å². The lowest BCUT2D eigenvalue weighted by atomic mass is 9.83. The second-order valence-corrected chi connectivity index (χ2v) is 8.31. The zero-order valence-corrected chi connectivity index (χ0v) is 17.1. The molecule has 0 bridgehead atoms. The number of hydrogen-bond donors (Lipinski definition) is 1. The zero-order valence-electron chi connectivity index (χ0n) is 17.1. The lowest BCUT2D eigenvalue weighted by Crippen LogP contribution is -2.77. The number of carbonyl (C=O) groups is 4. The first-order valence-electron chi connectivity index (χ1n) is 10.5. The fraction of sp³-hybridized carbons (Fsp3) is 0.800. The summed E-state index contributed by atoms with van der Waals surface area (Å²) in [5.74, 6) is -0.446. The Morgan fingerprint density at radius 1 is 1.25 bits per heavy atom. The normalized spacial score (nSPS) is 31.0. The first-order chi connectivity index (χ1) is 13.4. The first-order valence-corrected chi connectivity index (χ1v) is 10.5. The standard InChI is InChI=1S/C20H32N4O4/c1-4-15(18(27)23-11-6-8-14(23)3)24-12-20(5-2,19(24)28)21-17(26)16-9-7-10-22(16)13-25/h13-16H,4-12H2,1-3H3,(H,21,26). The number of carbonyl (C=O) groups excluding carboxylic acids is 4. The molecule has 8 heteroatoms. The molecular formula is C20H32N4O4. The summed E-state index contributed by atoms with van der Waals surface area (Å²) in [5, 5.41) is 2.91. The van der Waals surface area contributed by atoms with Crippen LogP contribution in [0.4, 0.5) is 0 Å². The number of nitrogens with one attached hydrogen (secondary N) is 1. The molecular weight excluding hydrogens is 360 g/mol. The summed E-state index contributed by atoms with van der Waals surface area (Å²) >= 11 is 0. The minimum atomic E-state index is -0.960. The summed E-state index contributed by atoms with van der Waals surface area (Å²) in [6.45, 7) is 7.49. The van der Waals surface area contributed by atoms with Crippen molar-refractivity contribution in [2.24, 2.45) is 0 Å². The van der Waals surface area contributed by atoms with Gasteiger partial charge in [-0.2, -0.15) is 0 Å². The number of hydrogen-bond acceptors (Lipinski definition) is 4. The van der Waals surface area contributed by atoms with Crippen LogP contribution in [0.25, 0.3) is 0 Å². The van der Waals surface area contributed by atoms with Gasteiger partial charge in [0.1, 0.15) is 17.6 Å². The van der Waals surface area contributed by atoms with Gasteiger partial charge in [-0.05, 0) is 45.4 Å². The molecule has 4 amide bonds. The van der Waals surface area contributed by atoms with Gasteiger partial charge in [-0.25, -0.2) is 0 Å². The summed E-state index contributed by atoms with van der Waals surface area (Å²) < 4.78 is 0. The van der Waals surface area contributed by atoms with Crippen molar-refractivity contribution in [3.63, 3.8) is 0 Å². The van der Waals surface area contributed by atoms with E-state index < -0.39 is 17.6 Å². The number of nitrogens with zero attached hydrogens (tertiary/aromatic N) is 3. The van der Waals surface area contributed by atoms with Gasteiger partial charge in [0.05, 0.1) is 6.54 Å². The van der Waals surface area contributed by atoms with Crippen LogP contribution in [0.5, 0.6) is 0 Å². The Bertz CT molecular complexity index is 654. The number of likely N-dealkylation sites (tertiary alicyclic amines) is 3. The maximum atomic E-state index is 13.1. The molecule has 0 saturated carbocycles. The molecule has 0 aromatic heterocycles. The van der Waals surface area contributed by atoms with E-state index in [0.29, 0.717) is 38.8 Å². The smallest absolute Gasteiger partial charge is 0.250 e. The Labute approximate surface area is 166 Å². The van der Waals surface area contributed by atoms with Crippen LogP contribution in [-0.4, -0.2) is 82.1 Å². The maximum Gasteiger partial charge on any atom is 0.250 e. The third kappa shape index (κ3) is 3.37. The molecule has 3 aliphatic rings.